The van der Waals surface area contributed by atoms with E-state index in [-0.39, 0.29) is 5.91 Å². The second-order valence-electron chi connectivity index (χ2n) is 5.56. The molecule has 1 N–H and O–H groups in total. The SMILES string of the molecule is COCCCNc1cc(C(=O)N2CCCC(C)C2)ncn1. The fourth-order valence-corrected chi connectivity index (χ4v) is 2.54. The van der Waals surface area contributed by atoms with Crippen molar-refractivity contribution in [1.29, 1.82) is 0 Å². The van der Waals surface area contributed by atoms with Gasteiger partial charge < -0.3 is 15.0 Å². The van der Waals surface area contributed by atoms with Gasteiger partial charge in [-0.2, -0.15) is 0 Å². The second-order valence-corrected chi connectivity index (χ2v) is 5.56. The third-order valence-electron chi connectivity index (χ3n) is 3.66. The Morgan fingerprint density at radius 1 is 1.52 bits per heavy atom. The van der Waals surface area contributed by atoms with Crippen molar-refractivity contribution in [3.63, 3.8) is 0 Å². The number of aromatic nitrogens is 2. The number of methoxy groups -OCH3 is 1. The Kier molecular flexibility index (Phi) is 5.92. The molecule has 1 fully saturated rings. The van der Waals surface area contributed by atoms with E-state index in [1.807, 2.05) is 4.90 Å². The summed E-state index contributed by atoms with van der Waals surface area (Å²) >= 11 is 0. The van der Waals surface area contributed by atoms with E-state index in [0.717, 1.165) is 32.5 Å². The van der Waals surface area contributed by atoms with E-state index in [9.17, 15) is 4.79 Å². The first kappa shape index (κ1) is 15.7. The topological polar surface area (TPSA) is 67.3 Å². The van der Waals surface area contributed by atoms with Gasteiger partial charge in [0.25, 0.3) is 5.91 Å². The van der Waals surface area contributed by atoms with E-state index in [1.54, 1.807) is 13.2 Å². The number of anilines is 1. The third-order valence-corrected chi connectivity index (χ3v) is 3.66. The lowest BCUT2D eigenvalue weighted by atomic mass is 10.00. The van der Waals surface area contributed by atoms with Gasteiger partial charge in [0.2, 0.25) is 0 Å². The van der Waals surface area contributed by atoms with E-state index in [1.165, 1.54) is 12.7 Å². The number of rotatable bonds is 6. The summed E-state index contributed by atoms with van der Waals surface area (Å²) in [4.78, 5) is 22.6. The molecule has 1 saturated heterocycles. The average Bonchev–Trinajstić information content (AvgIpc) is 2.51. The highest BCUT2D eigenvalue weighted by Crippen LogP contribution is 2.17. The van der Waals surface area contributed by atoms with Gasteiger partial charge in [-0.25, -0.2) is 9.97 Å². The molecule has 116 valence electrons. The molecule has 1 atom stereocenters. The molecule has 0 saturated carbocycles. The van der Waals surface area contributed by atoms with Crippen LogP contribution >= 0.6 is 0 Å². The standard InChI is InChI=1S/C15H24N4O2/c1-12-5-3-7-19(10-12)15(20)13-9-14(18-11-17-13)16-6-4-8-21-2/h9,11-12H,3-8,10H2,1-2H3,(H,16,17,18). The fourth-order valence-electron chi connectivity index (χ4n) is 2.54. The molecule has 21 heavy (non-hydrogen) atoms. The number of likely N-dealkylation sites (tertiary alicyclic amines) is 1. The molecule has 6 heteroatoms. The summed E-state index contributed by atoms with van der Waals surface area (Å²) in [5.74, 6) is 1.26. The largest absolute Gasteiger partial charge is 0.385 e. The zero-order valence-corrected chi connectivity index (χ0v) is 12.8. The number of nitrogens with one attached hydrogen (secondary N) is 1. The number of hydrogen-bond acceptors (Lipinski definition) is 5. The van der Waals surface area contributed by atoms with Crippen LogP contribution in [0.3, 0.4) is 0 Å². The van der Waals surface area contributed by atoms with Crippen molar-refractivity contribution in [3.05, 3.63) is 18.1 Å². The second kappa shape index (κ2) is 7.93. The van der Waals surface area contributed by atoms with E-state index in [0.29, 0.717) is 24.0 Å². The van der Waals surface area contributed by atoms with Crippen LogP contribution < -0.4 is 5.32 Å². The Bertz CT molecular complexity index is 467. The van der Waals surface area contributed by atoms with Crippen LogP contribution in [0.4, 0.5) is 5.82 Å². The van der Waals surface area contributed by atoms with Gasteiger partial charge in [0.1, 0.15) is 17.8 Å². The van der Waals surface area contributed by atoms with Crippen LogP contribution in [-0.4, -0.2) is 54.1 Å². The van der Waals surface area contributed by atoms with Crippen LogP contribution in [-0.2, 0) is 4.74 Å². The molecule has 1 amide bonds. The molecule has 2 rings (SSSR count). The molecule has 1 aromatic heterocycles. The number of ether oxygens (including phenoxy) is 1. The quantitative estimate of drug-likeness (QED) is 0.810. The van der Waals surface area contributed by atoms with E-state index >= 15 is 0 Å². The van der Waals surface area contributed by atoms with Gasteiger partial charge in [-0.15, -0.1) is 0 Å². The van der Waals surface area contributed by atoms with Gasteiger partial charge in [-0.05, 0) is 25.2 Å². The minimum absolute atomic E-state index is 0.00360. The van der Waals surface area contributed by atoms with Crippen molar-refractivity contribution in [1.82, 2.24) is 14.9 Å². The van der Waals surface area contributed by atoms with Crippen LogP contribution in [0.25, 0.3) is 0 Å². The van der Waals surface area contributed by atoms with Crippen LogP contribution in [0, 0.1) is 5.92 Å². The van der Waals surface area contributed by atoms with Gasteiger partial charge in [0.15, 0.2) is 0 Å². The lowest BCUT2D eigenvalue weighted by Gasteiger charge is -2.30. The molecule has 0 radical (unpaired) electrons. The summed E-state index contributed by atoms with van der Waals surface area (Å²) in [6, 6.07) is 1.73. The molecule has 1 aliphatic heterocycles. The molecule has 0 bridgehead atoms. The summed E-state index contributed by atoms with van der Waals surface area (Å²) in [6.07, 6.45) is 4.60. The number of amides is 1. The predicted molar refractivity (Wildman–Crippen MR) is 81.3 cm³/mol. The summed E-state index contributed by atoms with van der Waals surface area (Å²) in [5.41, 5.74) is 0.466. The van der Waals surface area contributed by atoms with Crippen LogP contribution in [0.15, 0.2) is 12.4 Å². The van der Waals surface area contributed by atoms with Crippen LogP contribution in [0.1, 0.15) is 36.7 Å². The third kappa shape index (κ3) is 4.67. The van der Waals surface area contributed by atoms with Crippen molar-refractivity contribution in [2.45, 2.75) is 26.2 Å². The number of hydrogen-bond donors (Lipinski definition) is 1. The first-order chi connectivity index (χ1) is 10.2. The number of carbonyl (C=O) groups is 1. The molecular weight excluding hydrogens is 268 g/mol. The molecular formula is C15H24N4O2. The minimum Gasteiger partial charge on any atom is -0.385 e. The Morgan fingerprint density at radius 3 is 3.14 bits per heavy atom. The maximum absolute atomic E-state index is 12.5. The molecule has 1 aromatic rings. The van der Waals surface area contributed by atoms with Crippen molar-refractivity contribution in [2.75, 3.05) is 38.7 Å². The Morgan fingerprint density at radius 2 is 2.38 bits per heavy atom. The zero-order chi connectivity index (χ0) is 15.1. The lowest BCUT2D eigenvalue weighted by molar-refractivity contribution is 0.0677. The van der Waals surface area contributed by atoms with Crippen molar-refractivity contribution >= 4 is 11.7 Å². The number of piperidine rings is 1. The highest BCUT2D eigenvalue weighted by atomic mass is 16.5. The molecule has 6 nitrogen and oxygen atoms in total. The highest BCUT2D eigenvalue weighted by molar-refractivity contribution is 5.92. The van der Waals surface area contributed by atoms with Crippen LogP contribution in [0.5, 0.6) is 0 Å². The van der Waals surface area contributed by atoms with Crippen LogP contribution in [0.2, 0.25) is 0 Å². The Hall–Kier alpha value is -1.69. The van der Waals surface area contributed by atoms with Gasteiger partial charge in [0, 0.05) is 39.4 Å². The minimum atomic E-state index is 0.00360. The van der Waals surface area contributed by atoms with E-state index in [2.05, 4.69) is 22.2 Å². The van der Waals surface area contributed by atoms with Crippen molar-refractivity contribution in [2.24, 2.45) is 5.92 Å². The number of nitrogens with zero attached hydrogens (tertiary/aromatic N) is 3. The lowest BCUT2D eigenvalue weighted by Crippen LogP contribution is -2.39. The van der Waals surface area contributed by atoms with Gasteiger partial charge in [-0.3, -0.25) is 4.79 Å². The first-order valence-corrected chi connectivity index (χ1v) is 7.55. The molecule has 0 spiro atoms. The molecule has 0 aromatic carbocycles. The molecule has 2 heterocycles. The molecule has 1 unspecified atom stereocenters. The molecule has 0 aliphatic carbocycles. The summed E-state index contributed by atoms with van der Waals surface area (Å²) < 4.78 is 5.00. The van der Waals surface area contributed by atoms with E-state index in [4.69, 9.17) is 4.74 Å². The normalized spacial score (nSPS) is 18.6. The maximum Gasteiger partial charge on any atom is 0.272 e. The average molecular weight is 292 g/mol. The monoisotopic (exact) mass is 292 g/mol. The summed E-state index contributed by atoms with van der Waals surface area (Å²) in [5, 5.41) is 3.18. The summed E-state index contributed by atoms with van der Waals surface area (Å²) in [7, 11) is 1.68. The maximum atomic E-state index is 12.5. The summed E-state index contributed by atoms with van der Waals surface area (Å²) in [6.45, 7) is 5.29. The van der Waals surface area contributed by atoms with E-state index < -0.39 is 0 Å². The van der Waals surface area contributed by atoms with Gasteiger partial charge in [-0.1, -0.05) is 6.92 Å². The van der Waals surface area contributed by atoms with Gasteiger partial charge >= 0.3 is 0 Å². The Labute approximate surface area is 125 Å². The molecule has 1 aliphatic rings. The predicted octanol–water partition coefficient (Wildman–Crippen LogP) is 1.80. The van der Waals surface area contributed by atoms with Gasteiger partial charge in [0.05, 0.1) is 0 Å². The number of carbonyl (C=O) groups excluding carboxylic acids is 1. The van der Waals surface area contributed by atoms with Crippen molar-refractivity contribution < 1.29 is 9.53 Å². The smallest absolute Gasteiger partial charge is 0.272 e. The Balaban J connectivity index is 1.94. The highest BCUT2D eigenvalue weighted by Gasteiger charge is 2.23. The van der Waals surface area contributed by atoms with Crippen molar-refractivity contribution in [3.8, 4) is 0 Å². The fraction of sp³-hybridized carbons (Fsp3) is 0.667. The first-order valence-electron chi connectivity index (χ1n) is 7.55. The zero-order valence-electron chi connectivity index (χ0n) is 12.8.